The van der Waals surface area contributed by atoms with E-state index in [2.05, 4.69) is 27.0 Å². The number of hydrogen-bond acceptors (Lipinski definition) is 4. The predicted molar refractivity (Wildman–Crippen MR) is 103 cm³/mol. The van der Waals surface area contributed by atoms with Gasteiger partial charge in [-0.05, 0) is 51.0 Å². The first kappa shape index (κ1) is 19.9. The van der Waals surface area contributed by atoms with Crippen molar-refractivity contribution in [3.8, 4) is 0 Å². The molecule has 0 aliphatic carbocycles. The summed E-state index contributed by atoms with van der Waals surface area (Å²) in [6.07, 6.45) is 0.240. The predicted octanol–water partition coefficient (Wildman–Crippen LogP) is 4.98. The van der Waals surface area contributed by atoms with E-state index < -0.39 is 12.1 Å². The van der Waals surface area contributed by atoms with Gasteiger partial charge in [0, 0.05) is 29.6 Å². The van der Waals surface area contributed by atoms with Crippen molar-refractivity contribution < 1.29 is 13.2 Å². The molecule has 0 radical (unpaired) electrons. The van der Waals surface area contributed by atoms with Crippen LogP contribution in [-0.2, 0) is 0 Å². The summed E-state index contributed by atoms with van der Waals surface area (Å²) in [5.74, 6) is -1.09. The van der Waals surface area contributed by atoms with Crippen molar-refractivity contribution in [3.63, 3.8) is 0 Å². The van der Waals surface area contributed by atoms with E-state index in [1.807, 2.05) is 20.8 Å². The molecule has 3 heterocycles. The van der Waals surface area contributed by atoms with Gasteiger partial charge < -0.3 is 5.32 Å². The third kappa shape index (κ3) is 3.85. The first-order valence-corrected chi connectivity index (χ1v) is 8.91. The molecule has 28 heavy (non-hydrogen) atoms. The van der Waals surface area contributed by atoms with Gasteiger partial charge in [-0.25, -0.2) is 14.5 Å². The lowest BCUT2D eigenvalue weighted by Gasteiger charge is -2.15. The molecule has 0 aliphatic heterocycles. The standard InChI is InChI=1S/C20H22F3N5/c1-11(2)26-19-24-9-16(14(5)27-19)12(3)15-6-7-28-18(8-15)17(10-25-28)13(4)20(21,22)23/h6-11,13H,3H2,1-2,4-5H3,(H,24,26,27). The molecule has 8 heteroatoms. The monoisotopic (exact) mass is 389 g/mol. The molecule has 0 aliphatic rings. The Morgan fingerprint density at radius 1 is 1.21 bits per heavy atom. The average Bonchev–Trinajstić information content (AvgIpc) is 3.02. The topological polar surface area (TPSA) is 55.1 Å². The first-order chi connectivity index (χ1) is 13.1. The second kappa shape index (κ2) is 7.26. The number of pyridine rings is 1. The zero-order valence-electron chi connectivity index (χ0n) is 16.2. The van der Waals surface area contributed by atoms with E-state index in [1.54, 1.807) is 24.5 Å². The van der Waals surface area contributed by atoms with Gasteiger partial charge in [-0.15, -0.1) is 0 Å². The molecule has 0 fully saturated rings. The molecule has 148 valence electrons. The largest absolute Gasteiger partial charge is 0.395 e. The Bertz CT molecular complexity index is 1020. The third-order valence-electron chi connectivity index (χ3n) is 4.58. The number of nitrogens with one attached hydrogen (secondary N) is 1. The third-order valence-corrected chi connectivity index (χ3v) is 4.58. The summed E-state index contributed by atoms with van der Waals surface area (Å²) in [5, 5.41) is 7.17. The lowest BCUT2D eigenvalue weighted by molar-refractivity contribution is -0.146. The number of aromatic nitrogens is 4. The molecule has 0 amide bonds. The van der Waals surface area contributed by atoms with Crippen LogP contribution in [0.15, 0.2) is 37.3 Å². The number of fused-ring (bicyclic) bond motifs is 1. The maximum atomic E-state index is 13.2. The second-order valence-corrected chi connectivity index (χ2v) is 7.08. The minimum absolute atomic E-state index is 0.131. The molecule has 1 N–H and O–H groups in total. The van der Waals surface area contributed by atoms with Gasteiger partial charge in [-0.1, -0.05) is 6.58 Å². The Hall–Kier alpha value is -2.90. The number of nitrogens with zero attached hydrogens (tertiary/aromatic N) is 4. The fourth-order valence-electron chi connectivity index (χ4n) is 2.94. The van der Waals surface area contributed by atoms with Crippen molar-refractivity contribution in [2.75, 3.05) is 5.32 Å². The lowest BCUT2D eigenvalue weighted by atomic mass is 9.98. The van der Waals surface area contributed by atoms with Crippen LogP contribution < -0.4 is 5.32 Å². The molecule has 0 saturated heterocycles. The van der Waals surface area contributed by atoms with Crippen LogP contribution in [0, 0.1) is 6.92 Å². The lowest BCUT2D eigenvalue weighted by Crippen LogP contribution is -2.17. The summed E-state index contributed by atoms with van der Waals surface area (Å²) in [5.41, 5.74) is 3.35. The van der Waals surface area contributed by atoms with E-state index in [4.69, 9.17) is 0 Å². The van der Waals surface area contributed by atoms with E-state index in [-0.39, 0.29) is 11.6 Å². The van der Waals surface area contributed by atoms with Gasteiger partial charge in [0.25, 0.3) is 0 Å². The molecule has 3 aromatic heterocycles. The Morgan fingerprint density at radius 2 is 1.93 bits per heavy atom. The van der Waals surface area contributed by atoms with Crippen LogP contribution in [0.3, 0.4) is 0 Å². The van der Waals surface area contributed by atoms with Gasteiger partial charge in [-0.3, -0.25) is 0 Å². The van der Waals surface area contributed by atoms with Crippen molar-refractivity contribution >= 4 is 17.0 Å². The zero-order chi connectivity index (χ0) is 20.6. The van der Waals surface area contributed by atoms with E-state index >= 15 is 0 Å². The second-order valence-electron chi connectivity index (χ2n) is 7.08. The Balaban J connectivity index is 1.98. The highest BCUT2D eigenvalue weighted by Gasteiger charge is 2.38. The molecular formula is C20H22F3N5. The first-order valence-electron chi connectivity index (χ1n) is 8.91. The minimum Gasteiger partial charge on any atom is -0.352 e. The van der Waals surface area contributed by atoms with Crippen LogP contribution in [0.1, 0.15) is 49.1 Å². The van der Waals surface area contributed by atoms with Gasteiger partial charge in [-0.2, -0.15) is 18.3 Å². The fourth-order valence-corrected chi connectivity index (χ4v) is 2.94. The van der Waals surface area contributed by atoms with Gasteiger partial charge in [0.2, 0.25) is 5.95 Å². The minimum atomic E-state index is -4.33. The number of alkyl halides is 3. The van der Waals surface area contributed by atoms with Gasteiger partial charge in [0.05, 0.1) is 23.3 Å². The van der Waals surface area contributed by atoms with Crippen molar-refractivity contribution in [3.05, 3.63) is 59.7 Å². The van der Waals surface area contributed by atoms with Crippen molar-refractivity contribution in [1.29, 1.82) is 0 Å². The van der Waals surface area contributed by atoms with Crippen LogP contribution >= 0.6 is 0 Å². The van der Waals surface area contributed by atoms with Crippen LogP contribution in [0.5, 0.6) is 0 Å². The van der Waals surface area contributed by atoms with Crippen LogP contribution in [-0.4, -0.2) is 31.8 Å². The molecule has 0 bridgehead atoms. The highest BCUT2D eigenvalue weighted by Crippen LogP contribution is 2.37. The summed E-state index contributed by atoms with van der Waals surface area (Å²) in [6, 6.07) is 3.64. The van der Waals surface area contributed by atoms with Crippen molar-refractivity contribution in [2.24, 2.45) is 0 Å². The number of aryl methyl sites for hydroxylation is 1. The highest BCUT2D eigenvalue weighted by atomic mass is 19.4. The smallest absolute Gasteiger partial charge is 0.352 e. The number of anilines is 1. The molecule has 5 nitrogen and oxygen atoms in total. The molecule has 0 saturated carbocycles. The summed E-state index contributed by atoms with van der Waals surface area (Å²) in [7, 11) is 0. The van der Waals surface area contributed by atoms with E-state index in [0.717, 1.165) is 18.2 Å². The molecule has 1 atom stereocenters. The average molecular weight is 389 g/mol. The van der Waals surface area contributed by atoms with Crippen LogP contribution in [0.25, 0.3) is 11.1 Å². The van der Waals surface area contributed by atoms with Gasteiger partial charge in [0.1, 0.15) is 0 Å². The Kier molecular flexibility index (Phi) is 5.14. The summed E-state index contributed by atoms with van der Waals surface area (Å²) in [6.45, 7) is 11.1. The summed E-state index contributed by atoms with van der Waals surface area (Å²) in [4.78, 5) is 8.75. The normalized spacial score (nSPS) is 13.1. The number of halogens is 3. The van der Waals surface area contributed by atoms with E-state index in [9.17, 15) is 13.2 Å². The maximum Gasteiger partial charge on any atom is 0.395 e. The van der Waals surface area contributed by atoms with Crippen LogP contribution in [0.4, 0.5) is 19.1 Å². The van der Waals surface area contributed by atoms with Crippen molar-refractivity contribution in [1.82, 2.24) is 19.6 Å². The van der Waals surface area contributed by atoms with Gasteiger partial charge in [0.15, 0.2) is 0 Å². The maximum absolute atomic E-state index is 13.2. The molecule has 0 aromatic carbocycles. The Labute approximate surface area is 161 Å². The highest BCUT2D eigenvalue weighted by molar-refractivity contribution is 5.81. The van der Waals surface area contributed by atoms with Crippen molar-refractivity contribution in [2.45, 2.75) is 45.8 Å². The fraction of sp³-hybridized carbons (Fsp3) is 0.350. The zero-order valence-corrected chi connectivity index (χ0v) is 16.2. The molecule has 3 aromatic rings. The van der Waals surface area contributed by atoms with E-state index in [1.165, 1.54) is 10.7 Å². The van der Waals surface area contributed by atoms with Crippen LogP contribution in [0.2, 0.25) is 0 Å². The van der Waals surface area contributed by atoms with E-state index in [0.29, 0.717) is 22.6 Å². The van der Waals surface area contributed by atoms with Gasteiger partial charge >= 0.3 is 6.18 Å². The summed E-state index contributed by atoms with van der Waals surface area (Å²) >= 11 is 0. The molecule has 0 spiro atoms. The molecule has 3 rings (SSSR count). The SMILES string of the molecule is C=C(c1ccn2ncc(C(C)C(F)(F)F)c2c1)c1cnc(NC(C)C)nc1C. The number of rotatable bonds is 5. The quantitative estimate of drug-likeness (QED) is 0.669. The Morgan fingerprint density at radius 3 is 2.54 bits per heavy atom. The molecule has 1 unspecified atom stereocenters. The number of hydrogen-bond donors (Lipinski definition) is 1. The molecular weight excluding hydrogens is 367 g/mol. The summed E-state index contributed by atoms with van der Waals surface area (Å²) < 4.78 is 40.9.